The Morgan fingerprint density at radius 3 is 2.66 bits per heavy atom. The number of hydrogen-bond donors (Lipinski definition) is 0. The van der Waals surface area contributed by atoms with Crippen molar-refractivity contribution in [2.75, 3.05) is 6.79 Å². The molecule has 5 rings (SSSR count). The maximum absolute atomic E-state index is 12.8. The van der Waals surface area contributed by atoms with E-state index in [9.17, 15) is 9.59 Å². The second kappa shape index (κ2) is 8.05. The standard InChI is InChI=1S/C25H17ClO6/c1-14-19(31-23(27)12-15-2-5-17(26)6-3-15)9-7-18-24(28)22(32-25(14)18)11-16-4-8-20-21(10-16)30-13-29-20/h2-11H,12-13H2,1H3/b22-11-. The number of allylic oxidation sites excluding steroid dienone is 1. The Morgan fingerprint density at radius 2 is 1.84 bits per heavy atom. The smallest absolute Gasteiger partial charge is 0.315 e. The average molecular weight is 449 g/mol. The summed E-state index contributed by atoms with van der Waals surface area (Å²) in [5.74, 6) is 1.55. The highest BCUT2D eigenvalue weighted by molar-refractivity contribution is 6.30. The number of esters is 1. The first-order valence-corrected chi connectivity index (χ1v) is 10.3. The summed E-state index contributed by atoms with van der Waals surface area (Å²) in [6.45, 7) is 1.93. The van der Waals surface area contributed by atoms with E-state index < -0.39 is 5.97 Å². The quantitative estimate of drug-likeness (QED) is 0.312. The molecule has 7 heteroatoms. The van der Waals surface area contributed by atoms with Crippen LogP contribution in [-0.4, -0.2) is 18.5 Å². The second-order valence-electron chi connectivity index (χ2n) is 7.40. The Bertz CT molecular complexity index is 1280. The van der Waals surface area contributed by atoms with Crippen LogP contribution in [0.1, 0.15) is 27.0 Å². The molecule has 0 aliphatic carbocycles. The number of halogens is 1. The summed E-state index contributed by atoms with van der Waals surface area (Å²) in [4.78, 5) is 25.2. The zero-order valence-electron chi connectivity index (χ0n) is 17.0. The molecule has 6 nitrogen and oxygen atoms in total. The average Bonchev–Trinajstić information content (AvgIpc) is 3.37. The SMILES string of the molecule is Cc1c(OC(=O)Cc2ccc(Cl)cc2)ccc2c1O/C(=C\c1ccc3c(c1)OCO3)C2=O. The molecule has 0 radical (unpaired) electrons. The molecule has 0 amide bonds. The van der Waals surface area contributed by atoms with E-state index in [1.807, 2.05) is 6.07 Å². The highest BCUT2D eigenvalue weighted by Gasteiger charge is 2.30. The minimum absolute atomic E-state index is 0.0999. The minimum atomic E-state index is -0.421. The van der Waals surface area contributed by atoms with Gasteiger partial charge in [-0.2, -0.15) is 0 Å². The van der Waals surface area contributed by atoms with Crippen LogP contribution >= 0.6 is 11.6 Å². The summed E-state index contributed by atoms with van der Waals surface area (Å²) < 4.78 is 22.1. The van der Waals surface area contributed by atoms with Crippen LogP contribution in [0, 0.1) is 6.92 Å². The van der Waals surface area contributed by atoms with Crippen molar-refractivity contribution >= 4 is 29.4 Å². The topological polar surface area (TPSA) is 71.1 Å². The summed E-state index contributed by atoms with van der Waals surface area (Å²) in [6.07, 6.45) is 1.75. The van der Waals surface area contributed by atoms with Crippen molar-refractivity contribution in [2.24, 2.45) is 0 Å². The Hall–Kier alpha value is -3.77. The molecule has 2 heterocycles. The van der Waals surface area contributed by atoms with Crippen molar-refractivity contribution in [1.29, 1.82) is 0 Å². The van der Waals surface area contributed by atoms with Crippen LogP contribution in [0.15, 0.2) is 60.4 Å². The summed E-state index contributed by atoms with van der Waals surface area (Å²) in [7, 11) is 0. The molecule has 0 fully saturated rings. The maximum Gasteiger partial charge on any atom is 0.315 e. The third-order valence-electron chi connectivity index (χ3n) is 5.22. The van der Waals surface area contributed by atoms with E-state index in [2.05, 4.69) is 0 Å². The lowest BCUT2D eigenvalue weighted by Crippen LogP contribution is -2.12. The van der Waals surface area contributed by atoms with Gasteiger partial charge in [0.05, 0.1) is 12.0 Å². The molecule has 0 atom stereocenters. The number of carbonyl (C=O) groups excluding carboxylic acids is 2. The van der Waals surface area contributed by atoms with Gasteiger partial charge in [0.15, 0.2) is 17.3 Å². The summed E-state index contributed by atoms with van der Waals surface area (Å²) in [5, 5.41) is 0.600. The molecule has 0 unspecified atom stereocenters. The molecule has 0 saturated heterocycles. The molecule has 3 aromatic rings. The molecule has 3 aromatic carbocycles. The predicted molar refractivity (Wildman–Crippen MR) is 117 cm³/mol. The Morgan fingerprint density at radius 1 is 1.06 bits per heavy atom. The number of carbonyl (C=O) groups is 2. The van der Waals surface area contributed by atoms with E-state index in [4.69, 9.17) is 30.5 Å². The van der Waals surface area contributed by atoms with E-state index >= 15 is 0 Å². The van der Waals surface area contributed by atoms with Gasteiger partial charge < -0.3 is 18.9 Å². The van der Waals surface area contributed by atoms with Crippen molar-refractivity contribution < 1.29 is 28.5 Å². The van der Waals surface area contributed by atoms with Gasteiger partial charge in [-0.25, -0.2) is 0 Å². The highest BCUT2D eigenvalue weighted by atomic mass is 35.5. The first kappa shape index (κ1) is 20.2. The molecular formula is C25H17ClO6. The van der Waals surface area contributed by atoms with Crippen molar-refractivity contribution in [2.45, 2.75) is 13.3 Å². The number of rotatable bonds is 4. The fourth-order valence-electron chi connectivity index (χ4n) is 3.56. The van der Waals surface area contributed by atoms with E-state index in [0.717, 1.165) is 11.1 Å². The van der Waals surface area contributed by atoms with E-state index in [1.54, 1.807) is 61.5 Å². The first-order chi connectivity index (χ1) is 15.5. The molecular weight excluding hydrogens is 432 g/mol. The van der Waals surface area contributed by atoms with Crippen LogP contribution in [0.25, 0.3) is 6.08 Å². The van der Waals surface area contributed by atoms with Crippen LogP contribution in [0.3, 0.4) is 0 Å². The van der Waals surface area contributed by atoms with Gasteiger partial charge in [0.25, 0.3) is 0 Å². The first-order valence-electron chi connectivity index (χ1n) is 9.90. The fourth-order valence-corrected chi connectivity index (χ4v) is 3.69. The summed E-state index contributed by atoms with van der Waals surface area (Å²) in [5.41, 5.74) is 2.54. The molecule has 32 heavy (non-hydrogen) atoms. The van der Waals surface area contributed by atoms with Gasteiger partial charge in [-0.05, 0) is 60.5 Å². The number of fused-ring (bicyclic) bond motifs is 2. The maximum atomic E-state index is 12.8. The molecule has 0 bridgehead atoms. The second-order valence-corrected chi connectivity index (χ2v) is 7.83. The number of ether oxygens (including phenoxy) is 4. The number of Topliss-reactive ketones (excluding diaryl/α,β-unsaturated/α-hetero) is 1. The predicted octanol–water partition coefficient (Wildman–Crippen LogP) is 5.14. The number of ketones is 1. The number of benzene rings is 3. The van der Waals surface area contributed by atoms with Crippen LogP contribution in [0.2, 0.25) is 5.02 Å². The molecule has 0 N–H and O–H groups in total. The van der Waals surface area contributed by atoms with Gasteiger partial charge in [0, 0.05) is 10.6 Å². The Balaban J connectivity index is 1.35. The van der Waals surface area contributed by atoms with Crippen LogP contribution in [-0.2, 0) is 11.2 Å². The van der Waals surface area contributed by atoms with Crippen molar-refractivity contribution in [3.8, 4) is 23.0 Å². The highest BCUT2D eigenvalue weighted by Crippen LogP contribution is 2.40. The van der Waals surface area contributed by atoms with Gasteiger partial charge in [0.1, 0.15) is 11.5 Å². The lowest BCUT2D eigenvalue weighted by molar-refractivity contribution is -0.133. The minimum Gasteiger partial charge on any atom is -0.454 e. The monoisotopic (exact) mass is 448 g/mol. The lowest BCUT2D eigenvalue weighted by Gasteiger charge is -2.10. The molecule has 0 spiro atoms. The van der Waals surface area contributed by atoms with Gasteiger partial charge in [-0.3, -0.25) is 9.59 Å². The van der Waals surface area contributed by atoms with E-state index in [-0.39, 0.29) is 24.8 Å². The van der Waals surface area contributed by atoms with Crippen LogP contribution < -0.4 is 18.9 Å². The number of hydrogen-bond acceptors (Lipinski definition) is 6. The van der Waals surface area contributed by atoms with Crippen LogP contribution in [0.4, 0.5) is 0 Å². The summed E-state index contributed by atoms with van der Waals surface area (Å²) in [6, 6.07) is 15.6. The largest absolute Gasteiger partial charge is 0.454 e. The van der Waals surface area contributed by atoms with Crippen molar-refractivity contribution in [3.63, 3.8) is 0 Å². The van der Waals surface area contributed by atoms with Gasteiger partial charge in [0.2, 0.25) is 12.6 Å². The summed E-state index contributed by atoms with van der Waals surface area (Å²) >= 11 is 5.88. The van der Waals surface area contributed by atoms with Gasteiger partial charge in [-0.15, -0.1) is 0 Å². The van der Waals surface area contributed by atoms with Gasteiger partial charge in [-0.1, -0.05) is 29.8 Å². The molecule has 2 aliphatic heterocycles. The van der Waals surface area contributed by atoms with E-state index in [1.165, 1.54) is 0 Å². The normalized spacial score (nSPS) is 14.9. The Labute approximate surface area is 188 Å². The van der Waals surface area contributed by atoms with E-state index in [0.29, 0.717) is 39.1 Å². The molecule has 2 aliphatic rings. The van der Waals surface area contributed by atoms with Crippen molar-refractivity contribution in [3.05, 3.63) is 87.6 Å². The molecule has 0 saturated carbocycles. The third kappa shape index (κ3) is 3.81. The molecule has 0 aromatic heterocycles. The molecule has 160 valence electrons. The van der Waals surface area contributed by atoms with Crippen LogP contribution in [0.5, 0.6) is 23.0 Å². The Kier molecular flexibility index (Phi) is 5.07. The van der Waals surface area contributed by atoms with Gasteiger partial charge >= 0.3 is 5.97 Å². The zero-order chi connectivity index (χ0) is 22.2. The fraction of sp³-hybridized carbons (Fsp3) is 0.120. The lowest BCUT2D eigenvalue weighted by atomic mass is 10.1. The third-order valence-corrected chi connectivity index (χ3v) is 5.47. The van der Waals surface area contributed by atoms with Crippen molar-refractivity contribution in [1.82, 2.24) is 0 Å². The zero-order valence-corrected chi connectivity index (χ0v) is 17.8.